The van der Waals surface area contributed by atoms with E-state index in [0.717, 1.165) is 0 Å². The van der Waals surface area contributed by atoms with Crippen LogP contribution in [0.2, 0.25) is 0 Å². The molecule has 1 rings (SSSR count). The number of rotatable bonds is 4. The number of hydrogen-bond donors (Lipinski definition) is 2. The molecule has 0 aliphatic carbocycles. The summed E-state index contributed by atoms with van der Waals surface area (Å²) in [5.41, 5.74) is 5.33. The Hall–Kier alpha value is -0.950. The average molecular weight is 337 g/mol. The Morgan fingerprint density at radius 1 is 1.50 bits per heavy atom. The van der Waals surface area contributed by atoms with Gasteiger partial charge in [-0.2, -0.15) is 0 Å². The van der Waals surface area contributed by atoms with Crippen LogP contribution in [0.15, 0.2) is 22.7 Å². The first-order valence-corrected chi connectivity index (χ1v) is 7.53. The summed E-state index contributed by atoms with van der Waals surface area (Å²) in [7, 11) is -3.76. The Morgan fingerprint density at radius 2 is 2.06 bits per heavy atom. The molecule has 0 aliphatic heterocycles. The number of hydrogen-bond acceptors (Lipinski definition) is 3. The smallest absolute Gasteiger partial charge is 0.166 e. The highest BCUT2D eigenvalue weighted by Gasteiger charge is 2.37. The van der Waals surface area contributed by atoms with E-state index in [2.05, 4.69) is 15.9 Å². The normalized spacial score (nSPS) is 12.4. The van der Waals surface area contributed by atoms with E-state index in [-0.39, 0.29) is 5.56 Å². The van der Waals surface area contributed by atoms with Gasteiger partial charge >= 0.3 is 0 Å². The summed E-state index contributed by atoms with van der Waals surface area (Å²) in [6.45, 7) is 2.67. The number of benzene rings is 1. The average Bonchev–Trinajstić information content (AvgIpc) is 2.22. The van der Waals surface area contributed by atoms with Crippen molar-refractivity contribution in [2.75, 3.05) is 0 Å². The second-order valence-corrected chi connectivity index (χ2v) is 7.87. The maximum atomic E-state index is 13.5. The Morgan fingerprint density at radius 3 is 2.56 bits per heavy atom. The van der Waals surface area contributed by atoms with Gasteiger partial charge in [0.15, 0.2) is 9.84 Å². The van der Waals surface area contributed by atoms with Gasteiger partial charge in [0.2, 0.25) is 0 Å². The highest BCUT2D eigenvalue weighted by molar-refractivity contribution is 9.10. The highest BCUT2D eigenvalue weighted by Crippen LogP contribution is 2.24. The van der Waals surface area contributed by atoms with Gasteiger partial charge in [0, 0.05) is 10.0 Å². The lowest BCUT2D eigenvalue weighted by Crippen LogP contribution is -2.45. The molecule has 0 spiro atoms. The number of halogens is 2. The minimum absolute atomic E-state index is 0.0544. The van der Waals surface area contributed by atoms with Crippen LogP contribution in [0, 0.1) is 11.2 Å². The van der Waals surface area contributed by atoms with Gasteiger partial charge in [-0.3, -0.25) is 5.41 Å². The predicted molar refractivity (Wildman–Crippen MR) is 72.7 cm³/mol. The second-order valence-electron chi connectivity index (χ2n) is 4.42. The quantitative estimate of drug-likeness (QED) is 0.653. The molecule has 18 heavy (non-hydrogen) atoms. The van der Waals surface area contributed by atoms with E-state index in [4.69, 9.17) is 11.1 Å². The van der Waals surface area contributed by atoms with Gasteiger partial charge in [0.1, 0.15) is 16.4 Å². The van der Waals surface area contributed by atoms with E-state index in [0.29, 0.717) is 4.47 Å². The fourth-order valence-electron chi connectivity index (χ4n) is 1.21. The first-order chi connectivity index (χ1) is 8.08. The lowest BCUT2D eigenvalue weighted by Gasteiger charge is -2.23. The molecule has 1 aromatic carbocycles. The van der Waals surface area contributed by atoms with E-state index >= 15 is 0 Å². The van der Waals surface area contributed by atoms with E-state index in [1.807, 2.05) is 0 Å². The third kappa shape index (κ3) is 2.89. The summed E-state index contributed by atoms with van der Waals surface area (Å²) >= 11 is 3.15. The number of nitrogens with one attached hydrogen (secondary N) is 1. The molecule has 0 heterocycles. The van der Waals surface area contributed by atoms with Crippen LogP contribution in [0.5, 0.6) is 0 Å². The fourth-order valence-corrected chi connectivity index (χ4v) is 2.94. The molecule has 4 nitrogen and oxygen atoms in total. The van der Waals surface area contributed by atoms with Crippen LogP contribution in [0.25, 0.3) is 0 Å². The van der Waals surface area contributed by atoms with Crippen LogP contribution >= 0.6 is 15.9 Å². The third-order valence-electron chi connectivity index (χ3n) is 2.78. The highest BCUT2D eigenvalue weighted by atomic mass is 79.9. The zero-order valence-electron chi connectivity index (χ0n) is 10.00. The molecule has 0 saturated heterocycles. The molecule has 7 heteroatoms. The van der Waals surface area contributed by atoms with Crippen LogP contribution < -0.4 is 5.73 Å². The number of nitrogens with two attached hydrogens (primary N) is 1. The second kappa shape index (κ2) is 4.97. The molecule has 0 saturated carbocycles. The molecule has 0 bridgehead atoms. The Bertz CT molecular complexity index is 585. The third-order valence-corrected chi connectivity index (χ3v) is 5.74. The van der Waals surface area contributed by atoms with Crippen LogP contribution in [0.3, 0.4) is 0 Å². The van der Waals surface area contributed by atoms with Crippen molar-refractivity contribution in [3.05, 3.63) is 34.1 Å². The largest absolute Gasteiger partial charge is 0.386 e. The fraction of sp³-hybridized carbons (Fsp3) is 0.364. The maximum Gasteiger partial charge on any atom is 0.166 e. The van der Waals surface area contributed by atoms with Gasteiger partial charge in [-0.15, -0.1) is 0 Å². The number of amidine groups is 1. The molecule has 0 amide bonds. The SMILES string of the molecule is CC(C)(C(=N)N)S(=O)(=O)Cc1cc(Br)ccc1F. The van der Waals surface area contributed by atoms with Gasteiger partial charge in [-0.1, -0.05) is 15.9 Å². The molecule has 0 radical (unpaired) electrons. The number of sulfone groups is 1. The first kappa shape index (κ1) is 15.1. The molecule has 0 aliphatic rings. The van der Waals surface area contributed by atoms with Crippen molar-refractivity contribution in [1.82, 2.24) is 0 Å². The predicted octanol–water partition coefficient (Wildman–Crippen LogP) is 2.22. The Kier molecular flexibility index (Phi) is 4.17. The molecule has 3 N–H and O–H groups in total. The van der Waals surface area contributed by atoms with Crippen molar-refractivity contribution >= 4 is 31.6 Å². The summed E-state index contributed by atoms with van der Waals surface area (Å²) in [5, 5.41) is 7.31. The molecular formula is C11H14BrFN2O2S. The van der Waals surface area contributed by atoms with Crippen molar-refractivity contribution in [1.29, 1.82) is 5.41 Å². The maximum absolute atomic E-state index is 13.5. The van der Waals surface area contributed by atoms with E-state index in [1.54, 1.807) is 0 Å². The molecule has 0 aromatic heterocycles. The van der Waals surface area contributed by atoms with Crippen molar-refractivity contribution in [2.45, 2.75) is 24.3 Å². The van der Waals surface area contributed by atoms with Gasteiger partial charge in [0.25, 0.3) is 0 Å². The topological polar surface area (TPSA) is 84.0 Å². The van der Waals surface area contributed by atoms with Crippen LogP contribution in [0.1, 0.15) is 19.4 Å². The zero-order chi connectivity index (χ0) is 14.1. The first-order valence-electron chi connectivity index (χ1n) is 5.08. The monoisotopic (exact) mass is 336 g/mol. The Labute approximate surface area is 114 Å². The van der Waals surface area contributed by atoms with E-state index in [1.165, 1.54) is 32.0 Å². The minimum Gasteiger partial charge on any atom is -0.386 e. The van der Waals surface area contributed by atoms with Crippen molar-refractivity contribution in [3.8, 4) is 0 Å². The summed E-state index contributed by atoms with van der Waals surface area (Å²) < 4.78 is 36.8. The lowest BCUT2D eigenvalue weighted by atomic mass is 10.2. The summed E-state index contributed by atoms with van der Waals surface area (Å²) in [6.07, 6.45) is 0. The van der Waals surface area contributed by atoms with Crippen molar-refractivity contribution in [3.63, 3.8) is 0 Å². The van der Waals surface area contributed by atoms with Gasteiger partial charge in [-0.05, 0) is 32.0 Å². The summed E-state index contributed by atoms with van der Waals surface area (Å²) in [4.78, 5) is 0. The van der Waals surface area contributed by atoms with Gasteiger partial charge in [-0.25, -0.2) is 12.8 Å². The minimum atomic E-state index is -3.76. The standard InChI is InChI=1S/C11H14BrFN2O2S/c1-11(2,10(14)15)18(16,17)6-7-5-8(12)3-4-9(7)13/h3-5H,6H2,1-2H3,(H3,14,15). The molecule has 100 valence electrons. The molecule has 1 aromatic rings. The van der Waals surface area contributed by atoms with Crippen LogP contribution in [-0.2, 0) is 15.6 Å². The van der Waals surface area contributed by atoms with Gasteiger partial charge in [0.05, 0.1) is 5.75 Å². The lowest BCUT2D eigenvalue weighted by molar-refractivity contribution is 0.570. The zero-order valence-corrected chi connectivity index (χ0v) is 12.4. The molecule has 0 fully saturated rings. The van der Waals surface area contributed by atoms with Crippen molar-refractivity contribution < 1.29 is 12.8 Å². The van der Waals surface area contributed by atoms with Gasteiger partial charge < -0.3 is 5.73 Å². The van der Waals surface area contributed by atoms with E-state index < -0.39 is 32.0 Å². The summed E-state index contributed by atoms with van der Waals surface area (Å²) in [6, 6.07) is 4.08. The van der Waals surface area contributed by atoms with Crippen LogP contribution in [-0.4, -0.2) is 19.0 Å². The molecular weight excluding hydrogens is 323 g/mol. The Balaban J connectivity index is 3.18. The van der Waals surface area contributed by atoms with E-state index in [9.17, 15) is 12.8 Å². The molecule has 0 unspecified atom stereocenters. The summed E-state index contributed by atoms with van der Waals surface area (Å²) in [5.74, 6) is -1.55. The van der Waals surface area contributed by atoms with Crippen molar-refractivity contribution in [2.24, 2.45) is 5.73 Å². The van der Waals surface area contributed by atoms with Crippen LogP contribution in [0.4, 0.5) is 4.39 Å². The molecule has 0 atom stereocenters.